The average molecular weight is 401 g/mol. The minimum atomic E-state index is -0.441. The Kier molecular flexibility index (Phi) is 5.73. The summed E-state index contributed by atoms with van der Waals surface area (Å²) in [5.41, 5.74) is 2.45. The molecule has 2 amide bonds. The molecular formula is C24H20N2O2S. The zero-order valence-corrected chi connectivity index (χ0v) is 16.6. The zero-order chi connectivity index (χ0) is 20.1. The Balaban J connectivity index is 1.46. The smallest absolute Gasteiger partial charge is 0.264 e. The van der Waals surface area contributed by atoms with Crippen LogP contribution in [0.15, 0.2) is 72.1 Å². The molecule has 1 atom stereocenters. The maximum Gasteiger partial charge on any atom is 0.264 e. The maximum absolute atomic E-state index is 12.9. The molecule has 0 saturated carbocycles. The minimum Gasteiger partial charge on any atom is -0.326 e. The van der Waals surface area contributed by atoms with Gasteiger partial charge in [-0.1, -0.05) is 42.2 Å². The molecule has 0 aliphatic carbocycles. The minimum absolute atomic E-state index is 0.0693. The molecule has 2 heterocycles. The Morgan fingerprint density at radius 1 is 0.966 bits per heavy atom. The fourth-order valence-corrected chi connectivity index (χ4v) is 4.07. The van der Waals surface area contributed by atoms with Crippen LogP contribution in [0.4, 0.5) is 5.69 Å². The highest BCUT2D eigenvalue weighted by molar-refractivity contribution is 7.12. The van der Waals surface area contributed by atoms with Crippen LogP contribution in [0.2, 0.25) is 0 Å². The quantitative estimate of drug-likeness (QED) is 0.663. The van der Waals surface area contributed by atoms with Gasteiger partial charge in [-0.15, -0.1) is 11.3 Å². The first kappa shape index (κ1) is 19.0. The number of benzene rings is 2. The summed E-state index contributed by atoms with van der Waals surface area (Å²) in [6, 6.07) is 20.5. The lowest BCUT2D eigenvalue weighted by atomic mass is 10.1. The molecule has 3 aromatic rings. The molecule has 144 valence electrons. The molecule has 0 unspecified atom stereocenters. The fourth-order valence-electron chi connectivity index (χ4n) is 3.39. The number of amides is 2. The monoisotopic (exact) mass is 400 g/mol. The van der Waals surface area contributed by atoms with E-state index in [4.69, 9.17) is 0 Å². The van der Waals surface area contributed by atoms with Gasteiger partial charge in [0.1, 0.15) is 6.04 Å². The number of likely N-dealkylation sites (tertiary alicyclic amines) is 1. The number of carbonyl (C=O) groups excluding carboxylic acids is 2. The van der Waals surface area contributed by atoms with Crippen molar-refractivity contribution in [3.8, 4) is 11.8 Å². The molecular weight excluding hydrogens is 380 g/mol. The summed E-state index contributed by atoms with van der Waals surface area (Å²) >= 11 is 1.40. The van der Waals surface area contributed by atoms with E-state index in [1.54, 1.807) is 11.0 Å². The summed E-state index contributed by atoms with van der Waals surface area (Å²) in [7, 11) is 0. The van der Waals surface area contributed by atoms with Crippen molar-refractivity contribution in [2.24, 2.45) is 0 Å². The number of nitrogens with one attached hydrogen (secondary N) is 1. The Labute approximate surface area is 174 Å². The van der Waals surface area contributed by atoms with Crippen LogP contribution in [-0.2, 0) is 4.79 Å². The van der Waals surface area contributed by atoms with Crippen LogP contribution in [0, 0.1) is 11.8 Å². The van der Waals surface area contributed by atoms with Gasteiger partial charge in [-0.3, -0.25) is 9.59 Å². The number of hydrogen-bond acceptors (Lipinski definition) is 3. The molecule has 4 nitrogen and oxygen atoms in total. The van der Waals surface area contributed by atoms with Gasteiger partial charge in [0, 0.05) is 23.4 Å². The largest absolute Gasteiger partial charge is 0.326 e. The van der Waals surface area contributed by atoms with Crippen molar-refractivity contribution in [3.05, 3.63) is 88.1 Å². The third-order valence-corrected chi connectivity index (χ3v) is 5.66. The molecule has 2 aromatic carbocycles. The molecule has 1 aliphatic heterocycles. The van der Waals surface area contributed by atoms with E-state index in [-0.39, 0.29) is 11.8 Å². The fraction of sp³-hybridized carbons (Fsp3) is 0.167. The highest BCUT2D eigenvalue weighted by atomic mass is 32.1. The lowest BCUT2D eigenvalue weighted by molar-refractivity contribution is -0.119. The van der Waals surface area contributed by atoms with Gasteiger partial charge in [0.25, 0.3) is 5.91 Å². The van der Waals surface area contributed by atoms with Crippen LogP contribution >= 0.6 is 11.3 Å². The van der Waals surface area contributed by atoms with Gasteiger partial charge < -0.3 is 10.2 Å². The second kappa shape index (κ2) is 8.76. The van der Waals surface area contributed by atoms with Crippen molar-refractivity contribution in [2.45, 2.75) is 18.9 Å². The maximum atomic E-state index is 12.9. The van der Waals surface area contributed by atoms with Gasteiger partial charge in [-0.05, 0) is 54.6 Å². The summed E-state index contributed by atoms with van der Waals surface area (Å²) < 4.78 is 0. The summed E-state index contributed by atoms with van der Waals surface area (Å²) in [5.74, 6) is 6.02. The standard InChI is InChI=1S/C24H20N2O2S/c27-23(21-11-5-15-26(21)24(28)22-12-6-16-29-22)25-20-10-4-9-19(17-20)14-13-18-7-2-1-3-8-18/h1-4,6-10,12,16-17,21H,5,11,15H2,(H,25,27)/t21-/m0/s1. The van der Waals surface area contributed by atoms with E-state index in [1.807, 2.05) is 66.0 Å². The lowest BCUT2D eigenvalue weighted by Crippen LogP contribution is -2.42. The van der Waals surface area contributed by atoms with Gasteiger partial charge in [0.15, 0.2) is 0 Å². The first-order chi connectivity index (χ1) is 14.2. The zero-order valence-electron chi connectivity index (χ0n) is 15.8. The van der Waals surface area contributed by atoms with Crippen LogP contribution in [0.5, 0.6) is 0 Å². The number of hydrogen-bond donors (Lipinski definition) is 1. The van der Waals surface area contributed by atoms with Gasteiger partial charge in [0.2, 0.25) is 5.91 Å². The molecule has 1 N–H and O–H groups in total. The number of rotatable bonds is 3. The van der Waals surface area contributed by atoms with E-state index in [0.717, 1.165) is 17.5 Å². The first-order valence-corrected chi connectivity index (χ1v) is 10.4. The highest BCUT2D eigenvalue weighted by Crippen LogP contribution is 2.23. The lowest BCUT2D eigenvalue weighted by Gasteiger charge is -2.23. The summed E-state index contributed by atoms with van der Waals surface area (Å²) in [6.07, 6.45) is 1.51. The first-order valence-electron chi connectivity index (χ1n) is 9.53. The van der Waals surface area contributed by atoms with Crippen LogP contribution in [0.25, 0.3) is 0 Å². The predicted octanol–water partition coefficient (Wildman–Crippen LogP) is 4.39. The Morgan fingerprint density at radius 2 is 1.76 bits per heavy atom. The molecule has 0 bridgehead atoms. The van der Waals surface area contributed by atoms with E-state index in [9.17, 15) is 9.59 Å². The molecule has 1 aromatic heterocycles. The van der Waals surface area contributed by atoms with E-state index in [2.05, 4.69) is 17.2 Å². The van der Waals surface area contributed by atoms with Crippen molar-refractivity contribution in [3.63, 3.8) is 0 Å². The van der Waals surface area contributed by atoms with Gasteiger partial charge >= 0.3 is 0 Å². The Morgan fingerprint density at radius 3 is 2.55 bits per heavy atom. The van der Waals surface area contributed by atoms with Gasteiger partial charge in [-0.25, -0.2) is 0 Å². The van der Waals surface area contributed by atoms with E-state index in [1.165, 1.54) is 11.3 Å². The van der Waals surface area contributed by atoms with Crippen LogP contribution < -0.4 is 5.32 Å². The molecule has 5 heteroatoms. The van der Waals surface area contributed by atoms with Crippen LogP contribution in [0.3, 0.4) is 0 Å². The molecule has 0 radical (unpaired) electrons. The van der Waals surface area contributed by atoms with Crippen LogP contribution in [-0.4, -0.2) is 29.3 Å². The average Bonchev–Trinajstić information content (AvgIpc) is 3.45. The van der Waals surface area contributed by atoms with Crippen molar-refractivity contribution >= 4 is 28.8 Å². The second-order valence-electron chi connectivity index (χ2n) is 6.82. The number of carbonyl (C=O) groups is 2. The molecule has 0 spiro atoms. The number of thiophene rings is 1. The van der Waals surface area contributed by atoms with Crippen molar-refractivity contribution in [1.29, 1.82) is 0 Å². The van der Waals surface area contributed by atoms with E-state index in [0.29, 0.717) is 23.5 Å². The van der Waals surface area contributed by atoms with Crippen molar-refractivity contribution in [1.82, 2.24) is 4.90 Å². The third kappa shape index (κ3) is 4.56. The Bertz CT molecular complexity index is 1070. The van der Waals surface area contributed by atoms with Crippen molar-refractivity contribution in [2.75, 3.05) is 11.9 Å². The highest BCUT2D eigenvalue weighted by Gasteiger charge is 2.34. The summed E-state index contributed by atoms with van der Waals surface area (Å²) in [4.78, 5) is 27.9. The number of anilines is 1. The number of nitrogens with zero attached hydrogens (tertiary/aromatic N) is 1. The van der Waals surface area contributed by atoms with E-state index >= 15 is 0 Å². The SMILES string of the molecule is O=C(Nc1cccc(C#Cc2ccccc2)c1)[C@@H]1CCCN1C(=O)c1cccs1. The topological polar surface area (TPSA) is 49.4 Å². The summed E-state index contributed by atoms with van der Waals surface area (Å²) in [5, 5.41) is 4.83. The third-order valence-electron chi connectivity index (χ3n) is 4.80. The predicted molar refractivity (Wildman–Crippen MR) is 116 cm³/mol. The van der Waals surface area contributed by atoms with E-state index < -0.39 is 6.04 Å². The van der Waals surface area contributed by atoms with Crippen LogP contribution in [0.1, 0.15) is 33.6 Å². The summed E-state index contributed by atoms with van der Waals surface area (Å²) in [6.45, 7) is 0.609. The van der Waals surface area contributed by atoms with Crippen molar-refractivity contribution < 1.29 is 9.59 Å². The normalized spacial score (nSPS) is 15.4. The molecule has 4 rings (SSSR count). The Hall–Kier alpha value is -3.36. The molecule has 29 heavy (non-hydrogen) atoms. The molecule has 1 fully saturated rings. The second-order valence-corrected chi connectivity index (χ2v) is 7.77. The van der Waals surface area contributed by atoms with Gasteiger partial charge in [-0.2, -0.15) is 0 Å². The molecule has 1 aliphatic rings. The molecule has 1 saturated heterocycles. The van der Waals surface area contributed by atoms with Gasteiger partial charge in [0.05, 0.1) is 4.88 Å².